The highest BCUT2D eigenvalue weighted by molar-refractivity contribution is 4.54. The van der Waals surface area contributed by atoms with Gasteiger partial charge in [0.1, 0.15) is 6.10 Å². The predicted octanol–water partition coefficient (Wildman–Crippen LogP) is 0.188. The van der Waals surface area contributed by atoms with Crippen LogP contribution < -0.4 is 0 Å². The van der Waals surface area contributed by atoms with Gasteiger partial charge in [-0.3, -0.25) is 0 Å². The Hall–Kier alpha value is -0.200. The van der Waals surface area contributed by atoms with Crippen molar-refractivity contribution in [3.63, 3.8) is 0 Å². The molecule has 2 N–H and O–H groups in total. The Balaban J connectivity index is 3.15. The van der Waals surface area contributed by atoms with E-state index in [2.05, 4.69) is 0 Å². The molecule has 0 saturated heterocycles. The molecule has 5 nitrogen and oxygen atoms in total. The highest BCUT2D eigenvalue weighted by Gasteiger charge is 2.04. The quantitative estimate of drug-likeness (QED) is 0.501. The van der Waals surface area contributed by atoms with Gasteiger partial charge in [0.05, 0.1) is 25.9 Å². The van der Waals surface area contributed by atoms with E-state index in [9.17, 15) is 10.2 Å². The van der Waals surface area contributed by atoms with Gasteiger partial charge in [0.2, 0.25) is 0 Å². The maximum atomic E-state index is 9.34. The Kier molecular flexibility index (Phi) is 11.1. The van der Waals surface area contributed by atoms with Crippen molar-refractivity contribution in [2.75, 3.05) is 40.6 Å². The van der Waals surface area contributed by atoms with Crippen molar-refractivity contribution in [1.29, 1.82) is 0 Å². The first kappa shape index (κ1) is 15.8. The normalized spacial score (nSPS) is 15.0. The first-order valence-corrected chi connectivity index (χ1v) is 5.62. The van der Waals surface area contributed by atoms with Crippen molar-refractivity contribution in [3.05, 3.63) is 0 Å². The van der Waals surface area contributed by atoms with Crippen LogP contribution in [0.3, 0.4) is 0 Å². The van der Waals surface area contributed by atoms with Gasteiger partial charge in [-0.15, -0.1) is 0 Å². The Labute approximate surface area is 97.3 Å². The zero-order valence-electron chi connectivity index (χ0n) is 10.2. The third-order valence-corrected chi connectivity index (χ3v) is 2.10. The number of rotatable bonds is 11. The lowest BCUT2D eigenvalue weighted by Gasteiger charge is -2.11. The minimum Gasteiger partial charge on any atom is -0.391 e. The van der Waals surface area contributed by atoms with Crippen molar-refractivity contribution in [1.82, 2.24) is 0 Å². The van der Waals surface area contributed by atoms with Crippen molar-refractivity contribution in [2.24, 2.45) is 0 Å². The van der Waals surface area contributed by atoms with Gasteiger partial charge >= 0.3 is 0 Å². The van der Waals surface area contributed by atoms with E-state index in [1.165, 1.54) is 0 Å². The Morgan fingerprint density at radius 1 is 0.875 bits per heavy atom. The van der Waals surface area contributed by atoms with Gasteiger partial charge < -0.3 is 24.4 Å². The number of aliphatic hydroxyl groups is 2. The lowest BCUT2D eigenvalue weighted by molar-refractivity contribution is -0.00778. The largest absolute Gasteiger partial charge is 0.391 e. The van der Waals surface area contributed by atoms with Crippen LogP contribution in [-0.2, 0) is 14.2 Å². The van der Waals surface area contributed by atoms with E-state index in [4.69, 9.17) is 14.2 Å². The monoisotopic (exact) mass is 236 g/mol. The molecule has 0 aliphatic heterocycles. The van der Waals surface area contributed by atoms with Crippen LogP contribution in [0.1, 0.15) is 19.3 Å². The second kappa shape index (κ2) is 11.3. The summed E-state index contributed by atoms with van der Waals surface area (Å²) in [7, 11) is 3.12. The maximum absolute atomic E-state index is 9.34. The standard InChI is InChI=1S/C11H24O5/c1-14-7-10(12)5-3-4-6-16-9-11(13)8-15-2/h10-13H,3-9H2,1-2H3. The third kappa shape index (κ3) is 10.3. The molecule has 0 aromatic rings. The van der Waals surface area contributed by atoms with E-state index < -0.39 is 6.10 Å². The van der Waals surface area contributed by atoms with E-state index in [-0.39, 0.29) is 6.10 Å². The molecule has 2 atom stereocenters. The topological polar surface area (TPSA) is 68.2 Å². The number of aliphatic hydroxyl groups excluding tert-OH is 2. The average Bonchev–Trinajstić information content (AvgIpc) is 2.24. The fourth-order valence-electron chi connectivity index (χ4n) is 1.32. The smallest absolute Gasteiger partial charge is 0.101 e. The summed E-state index contributed by atoms with van der Waals surface area (Å²) in [6, 6.07) is 0. The number of hydrogen-bond acceptors (Lipinski definition) is 5. The number of ether oxygens (including phenoxy) is 3. The number of methoxy groups -OCH3 is 2. The summed E-state index contributed by atoms with van der Waals surface area (Å²) < 4.78 is 14.8. The average molecular weight is 236 g/mol. The molecule has 0 spiro atoms. The highest BCUT2D eigenvalue weighted by atomic mass is 16.5. The second-order valence-corrected chi connectivity index (χ2v) is 3.79. The molecule has 0 aliphatic rings. The van der Waals surface area contributed by atoms with Crippen LogP contribution >= 0.6 is 0 Å². The molecule has 98 valence electrons. The summed E-state index contributed by atoms with van der Waals surface area (Å²) in [5.74, 6) is 0. The summed E-state index contributed by atoms with van der Waals surface area (Å²) in [6.07, 6.45) is 1.55. The molecule has 0 radical (unpaired) electrons. The first-order chi connectivity index (χ1) is 7.70. The van der Waals surface area contributed by atoms with Crippen LogP contribution in [-0.4, -0.2) is 63.1 Å². The van der Waals surface area contributed by atoms with Gasteiger partial charge in [0.25, 0.3) is 0 Å². The molecule has 0 bridgehead atoms. The summed E-state index contributed by atoms with van der Waals surface area (Å²) in [4.78, 5) is 0. The van der Waals surface area contributed by atoms with Crippen LogP contribution in [0.5, 0.6) is 0 Å². The molecule has 0 fully saturated rings. The molecule has 0 heterocycles. The molecular weight excluding hydrogens is 212 g/mol. The molecule has 0 aliphatic carbocycles. The summed E-state index contributed by atoms with van der Waals surface area (Å²) in [5, 5.41) is 18.6. The van der Waals surface area contributed by atoms with Gasteiger partial charge in [-0.25, -0.2) is 0 Å². The maximum Gasteiger partial charge on any atom is 0.101 e. The molecule has 2 unspecified atom stereocenters. The molecule has 0 aromatic carbocycles. The van der Waals surface area contributed by atoms with E-state index in [1.54, 1.807) is 14.2 Å². The minimum absolute atomic E-state index is 0.298. The van der Waals surface area contributed by atoms with E-state index >= 15 is 0 Å². The van der Waals surface area contributed by atoms with Gasteiger partial charge in [-0.05, 0) is 19.3 Å². The van der Waals surface area contributed by atoms with Crippen LogP contribution in [0.2, 0.25) is 0 Å². The first-order valence-electron chi connectivity index (χ1n) is 5.62. The minimum atomic E-state index is -0.552. The van der Waals surface area contributed by atoms with Crippen molar-refractivity contribution < 1.29 is 24.4 Å². The van der Waals surface area contributed by atoms with Crippen molar-refractivity contribution in [2.45, 2.75) is 31.5 Å². The van der Waals surface area contributed by atoms with Crippen molar-refractivity contribution in [3.8, 4) is 0 Å². The number of hydrogen-bond donors (Lipinski definition) is 2. The fourth-order valence-corrected chi connectivity index (χ4v) is 1.32. The third-order valence-electron chi connectivity index (χ3n) is 2.10. The second-order valence-electron chi connectivity index (χ2n) is 3.79. The van der Waals surface area contributed by atoms with Crippen LogP contribution in [0.4, 0.5) is 0 Å². The summed E-state index contributed by atoms with van der Waals surface area (Å²) in [5.41, 5.74) is 0. The Morgan fingerprint density at radius 3 is 2.12 bits per heavy atom. The Morgan fingerprint density at radius 2 is 1.50 bits per heavy atom. The van der Waals surface area contributed by atoms with E-state index in [0.717, 1.165) is 19.3 Å². The van der Waals surface area contributed by atoms with Gasteiger partial charge in [-0.1, -0.05) is 0 Å². The van der Waals surface area contributed by atoms with Crippen LogP contribution in [0.15, 0.2) is 0 Å². The molecular formula is C11H24O5. The lowest BCUT2D eigenvalue weighted by Crippen LogP contribution is -2.21. The van der Waals surface area contributed by atoms with Crippen LogP contribution in [0, 0.1) is 0 Å². The predicted molar refractivity (Wildman–Crippen MR) is 60.4 cm³/mol. The van der Waals surface area contributed by atoms with Gasteiger partial charge in [0.15, 0.2) is 0 Å². The van der Waals surface area contributed by atoms with E-state index in [0.29, 0.717) is 26.4 Å². The molecule has 0 saturated carbocycles. The van der Waals surface area contributed by atoms with Gasteiger partial charge in [0, 0.05) is 20.8 Å². The SMILES string of the molecule is COCC(O)CCCCOCC(O)COC. The molecule has 5 heteroatoms. The summed E-state index contributed by atoms with van der Waals surface area (Å²) >= 11 is 0. The van der Waals surface area contributed by atoms with Crippen LogP contribution in [0.25, 0.3) is 0 Å². The molecule has 0 aromatic heterocycles. The summed E-state index contributed by atoms with van der Waals surface area (Å²) in [6.45, 7) is 1.58. The zero-order chi connectivity index (χ0) is 12.2. The lowest BCUT2D eigenvalue weighted by atomic mass is 10.2. The number of unbranched alkanes of at least 4 members (excludes halogenated alkanes) is 1. The van der Waals surface area contributed by atoms with Gasteiger partial charge in [-0.2, -0.15) is 0 Å². The Bertz CT molecular complexity index is 126. The fraction of sp³-hybridized carbons (Fsp3) is 1.00. The molecule has 16 heavy (non-hydrogen) atoms. The van der Waals surface area contributed by atoms with Crippen molar-refractivity contribution >= 4 is 0 Å². The highest BCUT2D eigenvalue weighted by Crippen LogP contribution is 2.01. The van der Waals surface area contributed by atoms with E-state index in [1.807, 2.05) is 0 Å². The zero-order valence-corrected chi connectivity index (χ0v) is 10.2. The molecule has 0 amide bonds. The molecule has 0 rings (SSSR count).